The first-order valence-corrected chi connectivity index (χ1v) is 4.40. The lowest BCUT2D eigenvalue weighted by Gasteiger charge is -2.19. The Balaban J connectivity index is 3.39. The molecule has 0 fully saturated rings. The monoisotopic (exact) mass is 196 g/mol. The number of hydrogen-bond acceptors (Lipinski definition) is 3. The summed E-state index contributed by atoms with van der Waals surface area (Å²) in [7, 11) is 0. The number of alkyl halides is 2. The quantitative estimate of drug-likeness (QED) is 0.365. The van der Waals surface area contributed by atoms with E-state index >= 15 is 0 Å². The zero-order valence-electron chi connectivity index (χ0n) is 8.09. The molecule has 0 aromatic carbocycles. The van der Waals surface area contributed by atoms with Crippen molar-refractivity contribution in [3.63, 3.8) is 0 Å². The van der Waals surface area contributed by atoms with Crippen molar-refractivity contribution >= 4 is 0 Å². The van der Waals surface area contributed by atoms with Gasteiger partial charge < -0.3 is 4.74 Å². The van der Waals surface area contributed by atoms with E-state index in [9.17, 15) is 8.78 Å². The molecular weight excluding hydrogens is 178 g/mol. The first-order chi connectivity index (χ1) is 6.07. The third kappa shape index (κ3) is 6.86. The first-order valence-electron chi connectivity index (χ1n) is 4.40. The van der Waals surface area contributed by atoms with E-state index in [4.69, 9.17) is 10.6 Å². The minimum Gasteiger partial charge on any atom is -0.375 e. The van der Waals surface area contributed by atoms with Gasteiger partial charge in [0.1, 0.15) is 6.61 Å². The SMILES string of the molecule is CC(C)C(CCOCC(F)F)NN. The van der Waals surface area contributed by atoms with Crippen molar-refractivity contribution in [2.45, 2.75) is 32.7 Å². The van der Waals surface area contributed by atoms with Crippen molar-refractivity contribution in [1.29, 1.82) is 0 Å². The highest BCUT2D eigenvalue weighted by Gasteiger charge is 2.11. The normalized spacial score (nSPS) is 14.1. The first kappa shape index (κ1) is 12.7. The summed E-state index contributed by atoms with van der Waals surface area (Å²) in [4.78, 5) is 0. The summed E-state index contributed by atoms with van der Waals surface area (Å²) >= 11 is 0. The lowest BCUT2D eigenvalue weighted by atomic mass is 10.0. The van der Waals surface area contributed by atoms with Crippen LogP contribution in [0.15, 0.2) is 0 Å². The predicted octanol–water partition coefficient (Wildman–Crippen LogP) is 1.15. The molecule has 0 spiro atoms. The molecule has 13 heavy (non-hydrogen) atoms. The van der Waals surface area contributed by atoms with Gasteiger partial charge in [-0.05, 0) is 12.3 Å². The smallest absolute Gasteiger partial charge is 0.261 e. The van der Waals surface area contributed by atoms with E-state index in [1.165, 1.54) is 0 Å². The molecule has 1 unspecified atom stereocenters. The molecule has 0 aliphatic heterocycles. The molecule has 5 heteroatoms. The minimum atomic E-state index is -2.39. The zero-order chi connectivity index (χ0) is 10.3. The van der Waals surface area contributed by atoms with Gasteiger partial charge in [-0.2, -0.15) is 0 Å². The maximum absolute atomic E-state index is 11.6. The Morgan fingerprint density at radius 3 is 2.38 bits per heavy atom. The summed E-state index contributed by atoms with van der Waals surface area (Å²) in [5.41, 5.74) is 2.62. The minimum absolute atomic E-state index is 0.123. The second-order valence-electron chi connectivity index (χ2n) is 3.27. The van der Waals surface area contributed by atoms with E-state index in [0.29, 0.717) is 18.9 Å². The molecular formula is C8H18F2N2O. The fourth-order valence-corrected chi connectivity index (χ4v) is 0.992. The second-order valence-corrected chi connectivity index (χ2v) is 3.27. The molecule has 3 N–H and O–H groups in total. The third-order valence-corrected chi connectivity index (χ3v) is 1.84. The van der Waals surface area contributed by atoms with Crippen LogP contribution in [0.5, 0.6) is 0 Å². The van der Waals surface area contributed by atoms with Crippen LogP contribution < -0.4 is 11.3 Å². The summed E-state index contributed by atoms with van der Waals surface area (Å²) in [5, 5.41) is 0. The highest BCUT2D eigenvalue weighted by Crippen LogP contribution is 2.05. The lowest BCUT2D eigenvalue weighted by molar-refractivity contribution is 0.0132. The van der Waals surface area contributed by atoms with Gasteiger partial charge in [-0.1, -0.05) is 13.8 Å². The number of nitrogens with one attached hydrogen (secondary N) is 1. The molecule has 0 aliphatic carbocycles. The molecule has 3 nitrogen and oxygen atoms in total. The van der Waals surface area contributed by atoms with Crippen LogP contribution in [0.25, 0.3) is 0 Å². The average molecular weight is 196 g/mol. The average Bonchev–Trinajstić information content (AvgIpc) is 2.03. The molecule has 0 aromatic heterocycles. The van der Waals surface area contributed by atoms with Gasteiger partial charge in [-0.25, -0.2) is 8.78 Å². The van der Waals surface area contributed by atoms with Gasteiger partial charge in [0.15, 0.2) is 0 Å². The highest BCUT2D eigenvalue weighted by molar-refractivity contribution is 4.66. The summed E-state index contributed by atoms with van der Waals surface area (Å²) < 4.78 is 28.0. The third-order valence-electron chi connectivity index (χ3n) is 1.84. The Hall–Kier alpha value is -0.260. The molecule has 0 amide bonds. The number of halogens is 2. The molecule has 0 aliphatic rings. The Morgan fingerprint density at radius 1 is 1.38 bits per heavy atom. The van der Waals surface area contributed by atoms with Gasteiger partial charge >= 0.3 is 0 Å². The zero-order valence-corrected chi connectivity index (χ0v) is 8.09. The van der Waals surface area contributed by atoms with E-state index in [1.807, 2.05) is 13.8 Å². The molecule has 0 rings (SSSR count). The summed E-state index contributed by atoms with van der Waals surface area (Å²) in [6, 6.07) is 0.123. The maximum atomic E-state index is 11.6. The molecule has 0 saturated heterocycles. The van der Waals surface area contributed by atoms with Crippen LogP contribution in [0.2, 0.25) is 0 Å². The topological polar surface area (TPSA) is 47.3 Å². The van der Waals surface area contributed by atoms with Gasteiger partial charge in [-0.15, -0.1) is 0 Å². The second kappa shape index (κ2) is 7.17. The van der Waals surface area contributed by atoms with Crippen molar-refractivity contribution in [3.8, 4) is 0 Å². The molecule has 0 aromatic rings. The van der Waals surface area contributed by atoms with Crippen molar-refractivity contribution in [3.05, 3.63) is 0 Å². The maximum Gasteiger partial charge on any atom is 0.261 e. The molecule has 0 heterocycles. The van der Waals surface area contributed by atoms with Crippen LogP contribution >= 0.6 is 0 Å². The van der Waals surface area contributed by atoms with Gasteiger partial charge in [0.2, 0.25) is 0 Å². The van der Waals surface area contributed by atoms with E-state index in [0.717, 1.165) is 0 Å². The van der Waals surface area contributed by atoms with Gasteiger partial charge in [0.25, 0.3) is 6.43 Å². The highest BCUT2D eigenvalue weighted by atomic mass is 19.3. The Morgan fingerprint density at radius 2 is 2.00 bits per heavy atom. The number of hydrogen-bond donors (Lipinski definition) is 2. The van der Waals surface area contributed by atoms with Crippen LogP contribution in [0, 0.1) is 5.92 Å². The summed E-state index contributed by atoms with van der Waals surface area (Å²) in [6.45, 7) is 3.85. The van der Waals surface area contributed by atoms with Crippen LogP contribution in [-0.4, -0.2) is 25.7 Å². The molecule has 1 atom stereocenters. The van der Waals surface area contributed by atoms with Gasteiger partial charge in [0.05, 0.1) is 0 Å². The van der Waals surface area contributed by atoms with Crippen molar-refractivity contribution in [2.75, 3.05) is 13.2 Å². The number of hydrazine groups is 1. The molecule has 0 bridgehead atoms. The summed E-state index contributed by atoms with van der Waals surface area (Å²) in [5.74, 6) is 5.64. The Kier molecular flexibility index (Phi) is 7.03. The number of rotatable bonds is 7. The van der Waals surface area contributed by atoms with E-state index in [1.54, 1.807) is 0 Å². The van der Waals surface area contributed by atoms with Gasteiger partial charge in [0, 0.05) is 12.6 Å². The Labute approximate surface area is 77.6 Å². The Bertz CT molecular complexity index is 123. The van der Waals surface area contributed by atoms with Crippen LogP contribution in [0.3, 0.4) is 0 Å². The van der Waals surface area contributed by atoms with Gasteiger partial charge in [-0.3, -0.25) is 11.3 Å². The van der Waals surface area contributed by atoms with E-state index < -0.39 is 13.0 Å². The lowest BCUT2D eigenvalue weighted by Crippen LogP contribution is -2.39. The largest absolute Gasteiger partial charge is 0.375 e. The van der Waals surface area contributed by atoms with Crippen molar-refractivity contribution in [2.24, 2.45) is 11.8 Å². The van der Waals surface area contributed by atoms with E-state index in [2.05, 4.69) is 5.43 Å². The van der Waals surface area contributed by atoms with Crippen molar-refractivity contribution < 1.29 is 13.5 Å². The fourth-order valence-electron chi connectivity index (χ4n) is 0.992. The molecule has 80 valence electrons. The molecule has 0 saturated carbocycles. The standard InChI is InChI=1S/C8H18F2N2O/c1-6(2)7(12-11)3-4-13-5-8(9)10/h6-8,12H,3-5,11H2,1-2H3. The van der Waals surface area contributed by atoms with Crippen molar-refractivity contribution in [1.82, 2.24) is 5.43 Å². The van der Waals surface area contributed by atoms with Crippen LogP contribution in [0.4, 0.5) is 8.78 Å². The van der Waals surface area contributed by atoms with Crippen LogP contribution in [0.1, 0.15) is 20.3 Å². The number of nitrogens with two attached hydrogens (primary N) is 1. The fraction of sp³-hybridized carbons (Fsp3) is 1.00. The number of ether oxygens (including phenoxy) is 1. The van der Waals surface area contributed by atoms with Crippen LogP contribution in [-0.2, 0) is 4.74 Å². The van der Waals surface area contributed by atoms with E-state index in [-0.39, 0.29) is 6.04 Å². The predicted molar refractivity (Wildman–Crippen MR) is 47.4 cm³/mol. The molecule has 0 radical (unpaired) electrons. The summed E-state index contributed by atoms with van der Waals surface area (Å²) in [6.07, 6.45) is -1.73.